The Labute approximate surface area is 519 Å². The van der Waals surface area contributed by atoms with Gasteiger partial charge in [-0.15, -0.1) is 0 Å². The van der Waals surface area contributed by atoms with Crippen molar-refractivity contribution >= 4 is 35.5 Å². The lowest BCUT2D eigenvalue weighted by molar-refractivity contribution is -0.146. The molecule has 8 rings (SSSR count). The van der Waals surface area contributed by atoms with Crippen LogP contribution in [0.3, 0.4) is 0 Å². The van der Waals surface area contributed by atoms with Gasteiger partial charge in [0.25, 0.3) is 0 Å². The minimum absolute atomic E-state index is 0.143. The maximum Gasteiger partial charge on any atom is 0.335 e. The van der Waals surface area contributed by atoms with E-state index in [4.69, 9.17) is 15.3 Å². The Hall–Kier alpha value is -4.70. The standard InChI is InChI=1S/C19H29NO.C18H32N2O3.C17H30N2O3.C17H25NO2/c1-15(21)18-9-7-16(8-10-18)13-20-11-5-6-17(14-20)12-19(2,3)4;1-18(2,3)12-14-4-8-19(9-5-14)13-16(21)20-10-6-15(7-11-20)17(22)23;1-17(2,3)14-6-8-18(9-7-14)12-15(20)19-10-4-13(5-11-19)16(21)22;1-17(2,3)15-5-4-10-18(12-15)11-13-6-8-14(9-7-13)16(19)20/h7-10,17H,5-6,11-14H2,1-4H3;14-15H,4-13H2,1-3H3,(H,22,23);13-14H,4-12H2,1-3H3,(H,21,22);6-9,15H,4-5,10-12H2,1-3H3,(H,19,20). The molecule has 86 heavy (non-hydrogen) atoms. The summed E-state index contributed by atoms with van der Waals surface area (Å²) in [6.45, 7) is 43.4. The number of aromatic carboxylic acids is 1. The molecule has 6 fully saturated rings. The molecule has 2 unspecified atom stereocenters. The van der Waals surface area contributed by atoms with E-state index in [1.165, 1.54) is 75.6 Å². The minimum atomic E-state index is -0.859. The molecule has 2 aromatic rings. The van der Waals surface area contributed by atoms with Crippen molar-refractivity contribution in [3.63, 3.8) is 0 Å². The van der Waals surface area contributed by atoms with Gasteiger partial charge in [0.15, 0.2) is 5.78 Å². The van der Waals surface area contributed by atoms with E-state index in [2.05, 4.69) is 115 Å². The van der Waals surface area contributed by atoms with Gasteiger partial charge in [0.1, 0.15) is 0 Å². The Morgan fingerprint density at radius 3 is 1.19 bits per heavy atom. The van der Waals surface area contributed by atoms with E-state index >= 15 is 0 Å². The fourth-order valence-corrected chi connectivity index (χ4v) is 13.9. The van der Waals surface area contributed by atoms with Crippen LogP contribution < -0.4 is 0 Å². The highest BCUT2D eigenvalue weighted by Crippen LogP contribution is 2.36. The third-order valence-corrected chi connectivity index (χ3v) is 19.1. The Kier molecular flexibility index (Phi) is 27.8. The number of likely N-dealkylation sites (tertiary alicyclic amines) is 6. The number of benzene rings is 2. The molecule has 0 aromatic heterocycles. The average molecular weight is 1200 g/mol. The van der Waals surface area contributed by atoms with Crippen LogP contribution in [-0.2, 0) is 32.3 Å². The first-order chi connectivity index (χ1) is 40.2. The van der Waals surface area contributed by atoms with Crippen LogP contribution >= 0.6 is 0 Å². The average Bonchev–Trinajstić information content (AvgIpc) is 3.25. The van der Waals surface area contributed by atoms with Gasteiger partial charge in [0.05, 0.1) is 30.5 Å². The van der Waals surface area contributed by atoms with E-state index in [9.17, 15) is 28.8 Å². The van der Waals surface area contributed by atoms with Gasteiger partial charge < -0.3 is 25.1 Å². The van der Waals surface area contributed by atoms with Crippen molar-refractivity contribution in [3.05, 3.63) is 70.8 Å². The number of carbonyl (C=O) groups is 6. The van der Waals surface area contributed by atoms with E-state index in [1.807, 2.05) is 34.1 Å². The highest BCUT2D eigenvalue weighted by Gasteiger charge is 2.34. The van der Waals surface area contributed by atoms with Crippen molar-refractivity contribution in [1.29, 1.82) is 0 Å². The van der Waals surface area contributed by atoms with Gasteiger partial charge >= 0.3 is 17.9 Å². The Balaban J connectivity index is 0.000000210. The molecule has 0 aliphatic carbocycles. The Bertz CT molecular complexity index is 2420. The van der Waals surface area contributed by atoms with Crippen molar-refractivity contribution < 1.29 is 44.1 Å². The van der Waals surface area contributed by atoms with Gasteiger partial charge in [-0.3, -0.25) is 43.6 Å². The SMILES string of the molecule is CC(=O)c1ccc(CN2CCCC(CC(C)(C)C)C2)cc1.CC(C)(C)C1CCCN(Cc2ccc(C(=O)O)cc2)C1.CC(C)(C)C1CCN(CC(=O)N2CCC(C(=O)O)CC2)CC1.CC(C)(C)CC1CCN(CC(=O)N2CCC(C(=O)O)CC2)CC1. The molecular formula is C71H116N6O9. The number of carbonyl (C=O) groups excluding carboxylic acids is 3. The fraction of sp³-hybridized carbons (Fsp3) is 0.746. The summed E-state index contributed by atoms with van der Waals surface area (Å²) in [4.78, 5) is 82.1. The molecule has 0 saturated carbocycles. The van der Waals surface area contributed by atoms with Gasteiger partial charge in [-0.1, -0.05) is 119 Å². The molecule has 6 saturated heterocycles. The van der Waals surface area contributed by atoms with Crippen LogP contribution in [0.4, 0.5) is 0 Å². The van der Waals surface area contributed by atoms with E-state index in [0.29, 0.717) is 92.2 Å². The molecule has 0 spiro atoms. The van der Waals surface area contributed by atoms with Gasteiger partial charge in [-0.25, -0.2) is 4.79 Å². The molecule has 6 aliphatic rings. The van der Waals surface area contributed by atoms with Gasteiger partial charge in [-0.05, 0) is 205 Å². The molecule has 6 heterocycles. The van der Waals surface area contributed by atoms with Crippen molar-refractivity contribution in [2.75, 3.05) is 91.6 Å². The predicted molar refractivity (Wildman–Crippen MR) is 345 cm³/mol. The van der Waals surface area contributed by atoms with Crippen molar-refractivity contribution in [2.24, 2.45) is 57.2 Å². The van der Waals surface area contributed by atoms with Gasteiger partial charge in [-0.2, -0.15) is 0 Å². The summed E-state index contributed by atoms with van der Waals surface area (Å²) in [6, 6.07) is 15.4. The van der Waals surface area contributed by atoms with Gasteiger partial charge in [0.2, 0.25) is 11.8 Å². The van der Waals surface area contributed by atoms with Crippen molar-refractivity contribution in [3.8, 4) is 0 Å². The number of aliphatic carboxylic acids is 2. The molecule has 15 heteroatoms. The van der Waals surface area contributed by atoms with Crippen LogP contribution in [0.5, 0.6) is 0 Å². The van der Waals surface area contributed by atoms with Crippen molar-refractivity contribution in [2.45, 2.75) is 193 Å². The minimum Gasteiger partial charge on any atom is -0.481 e. The maximum atomic E-state index is 12.4. The van der Waals surface area contributed by atoms with E-state index in [0.717, 1.165) is 94.4 Å². The molecule has 484 valence electrons. The number of hydrogen-bond acceptors (Lipinski definition) is 10. The molecule has 3 N–H and O–H groups in total. The number of nitrogens with zero attached hydrogens (tertiary/aromatic N) is 6. The molecule has 6 aliphatic heterocycles. The first kappa shape index (κ1) is 72.0. The second kappa shape index (κ2) is 33.2. The van der Waals surface area contributed by atoms with Crippen LogP contribution in [0.25, 0.3) is 0 Å². The Morgan fingerprint density at radius 1 is 0.419 bits per heavy atom. The van der Waals surface area contributed by atoms with Crippen LogP contribution in [0.1, 0.15) is 212 Å². The zero-order valence-corrected chi connectivity index (χ0v) is 55.8. The normalized spacial score (nSPS) is 21.6. The van der Waals surface area contributed by atoms with Crippen molar-refractivity contribution in [1.82, 2.24) is 29.4 Å². The fourth-order valence-electron chi connectivity index (χ4n) is 13.9. The largest absolute Gasteiger partial charge is 0.481 e. The first-order valence-corrected chi connectivity index (χ1v) is 33.0. The maximum absolute atomic E-state index is 12.4. The predicted octanol–water partition coefficient (Wildman–Crippen LogP) is 12.7. The number of piperidine rings is 6. The van der Waals surface area contributed by atoms with Gasteiger partial charge in [0, 0.05) is 57.9 Å². The quantitative estimate of drug-likeness (QED) is 0.152. The van der Waals surface area contributed by atoms with Crippen LogP contribution in [-0.4, -0.2) is 172 Å². The monoisotopic (exact) mass is 1200 g/mol. The van der Waals surface area contributed by atoms with Crippen LogP contribution in [0.2, 0.25) is 0 Å². The molecule has 15 nitrogen and oxygen atoms in total. The lowest BCUT2D eigenvalue weighted by atomic mass is 9.75. The summed E-state index contributed by atoms with van der Waals surface area (Å²) in [5, 5.41) is 26.9. The number of carboxylic acid groups (broad SMARTS) is 3. The molecule has 0 radical (unpaired) electrons. The molecule has 0 bridgehead atoms. The summed E-state index contributed by atoms with van der Waals surface area (Å²) in [5.74, 6) is 0.726. The number of carboxylic acids is 3. The number of rotatable bonds is 14. The number of Topliss-reactive ketones (excluding diaryl/α,β-unsaturated/α-hetero) is 1. The summed E-state index contributed by atoms with van der Waals surface area (Å²) in [5.41, 5.74) is 5.22. The van der Waals surface area contributed by atoms with E-state index < -0.39 is 17.9 Å². The molecule has 2 amide bonds. The second-order valence-electron chi connectivity index (χ2n) is 31.1. The smallest absolute Gasteiger partial charge is 0.335 e. The summed E-state index contributed by atoms with van der Waals surface area (Å²) in [6.07, 6.45) is 14.9. The Morgan fingerprint density at radius 2 is 0.802 bits per heavy atom. The lowest BCUT2D eigenvalue weighted by Gasteiger charge is -2.39. The molecule has 2 atom stereocenters. The van der Waals surface area contributed by atoms with Crippen LogP contribution in [0.15, 0.2) is 48.5 Å². The zero-order valence-electron chi connectivity index (χ0n) is 55.8. The van der Waals surface area contributed by atoms with Crippen LogP contribution in [0, 0.1) is 57.2 Å². The highest BCUT2D eigenvalue weighted by molar-refractivity contribution is 5.94. The number of amides is 2. The third-order valence-electron chi connectivity index (χ3n) is 19.1. The number of ketones is 1. The third kappa shape index (κ3) is 25.8. The van der Waals surface area contributed by atoms with E-state index in [-0.39, 0.29) is 29.4 Å². The first-order valence-electron chi connectivity index (χ1n) is 33.0. The number of hydrogen-bond donors (Lipinski definition) is 3. The van der Waals surface area contributed by atoms with E-state index in [1.54, 1.807) is 19.1 Å². The molecule has 2 aromatic carbocycles. The lowest BCUT2D eigenvalue weighted by Crippen LogP contribution is -2.47. The second-order valence-corrected chi connectivity index (χ2v) is 31.1. The highest BCUT2D eigenvalue weighted by atomic mass is 16.4. The molecular weight excluding hydrogens is 1080 g/mol. The summed E-state index contributed by atoms with van der Waals surface area (Å²) in [7, 11) is 0. The topological polar surface area (TPSA) is 183 Å². The summed E-state index contributed by atoms with van der Waals surface area (Å²) < 4.78 is 0. The summed E-state index contributed by atoms with van der Waals surface area (Å²) >= 11 is 0. The zero-order chi connectivity index (χ0) is 63.6.